The molecule has 1 aliphatic rings. The van der Waals surface area contributed by atoms with Crippen molar-refractivity contribution in [3.63, 3.8) is 0 Å². The van der Waals surface area contributed by atoms with Crippen LogP contribution in [0, 0.1) is 23.7 Å². The largest absolute Gasteiger partial charge is 0.481 e. The molecule has 34 heteroatoms. The molecule has 0 aromatic carbocycles. The number of aliphatic carboxylic acids is 5. The number of hydrogen-bond acceptors (Lipinski definition) is 18. The molecule has 0 spiro atoms. The number of carboxylic acid groups (broad SMARTS) is 5. The average molecular weight is 1330 g/mol. The molecule has 0 saturated carbocycles. The van der Waals surface area contributed by atoms with Crippen LogP contribution in [0.15, 0.2) is 0 Å². The van der Waals surface area contributed by atoms with E-state index in [1.165, 1.54) is 13.8 Å². The molecule has 0 aromatic heterocycles. The summed E-state index contributed by atoms with van der Waals surface area (Å²) >= 11 is 0. The predicted octanol–water partition coefficient (Wildman–Crippen LogP) is -2.78. The highest BCUT2D eigenvalue weighted by Gasteiger charge is 2.38. The smallest absolute Gasteiger partial charge is 0.326 e. The van der Waals surface area contributed by atoms with Crippen LogP contribution in [0.1, 0.15) is 166 Å². The summed E-state index contributed by atoms with van der Waals surface area (Å²) < 4.78 is 0. The maximum Gasteiger partial charge on any atom is 0.326 e. The summed E-state index contributed by atoms with van der Waals surface area (Å²) in [5, 5.41) is 87.4. The molecule has 1 rings (SSSR count). The lowest BCUT2D eigenvalue weighted by molar-refractivity contribution is -0.144. The molecule has 0 bridgehead atoms. The Hall–Kier alpha value is -8.56. The van der Waals surface area contributed by atoms with Gasteiger partial charge in [0.15, 0.2) is 0 Å². The Morgan fingerprint density at radius 3 is 0.925 bits per heavy atom. The van der Waals surface area contributed by atoms with Gasteiger partial charge in [-0.15, -0.1) is 0 Å². The Bertz CT molecular complexity index is 2630. The summed E-state index contributed by atoms with van der Waals surface area (Å²) in [6.45, 7) is 17.7. The van der Waals surface area contributed by atoms with Crippen molar-refractivity contribution in [3.8, 4) is 0 Å². The van der Waals surface area contributed by atoms with E-state index in [2.05, 4.69) is 63.8 Å². The first-order valence-corrected chi connectivity index (χ1v) is 31.1. The summed E-state index contributed by atoms with van der Waals surface area (Å²) in [5.41, 5.74) is 0. The number of carbonyl (C=O) groups excluding carboxylic acids is 11. The Labute approximate surface area is 539 Å². The first-order chi connectivity index (χ1) is 43.2. The second kappa shape index (κ2) is 41.1. The number of carbonyl (C=O) groups is 16. The molecule has 18 N–H and O–H groups in total. The number of rotatable bonds is 44. The van der Waals surface area contributed by atoms with E-state index in [9.17, 15) is 102 Å². The topological polar surface area (TPSA) is 539 Å². The SMILES string of the molecule is CC(C)C[C@H](NC(=O)[C@H](CCC(=O)O)NC(=O)[C@H](CC(C)C)NC(=O)[C@H](CCC(=O)O)NC(=O)[C@H](C)NC(=O)[C@H](CCC(=O)O)NC(=O)[C@H](CC(C)C)NC(=O)[C@@H](NC(=O)[C@H](CC(C)C)NC(=O)[C@@H]1CCCN1)[C@@H](C)O)C(=O)N[C@@H](C)C(=O)N[C@@H](CCC(=O)O)C(=O)O. The average Bonchev–Trinajstić information content (AvgIpc) is 1.02. The molecule has 1 aliphatic heterocycles. The van der Waals surface area contributed by atoms with Crippen molar-refractivity contribution in [1.29, 1.82) is 0 Å². The van der Waals surface area contributed by atoms with Gasteiger partial charge >= 0.3 is 29.8 Å². The van der Waals surface area contributed by atoms with Gasteiger partial charge in [-0.1, -0.05) is 55.4 Å². The Morgan fingerprint density at radius 2 is 0.613 bits per heavy atom. The molecular formula is C59H98N12O22. The lowest BCUT2D eigenvalue weighted by Crippen LogP contribution is -2.61. The summed E-state index contributed by atoms with van der Waals surface area (Å²) in [4.78, 5) is 209. The standard InChI is InChI=1S/C59H98N12O22/c1-27(2)23-39(54(87)62-32(10)49(82)66-38(59(92)93)17-21-46(79)80)68-53(86)37(16-20-45(77)78)65-55(88)40(24-28(3)4)69-52(85)36(15-19-44(75)76)63-48(81)31(9)61-51(84)35(14-18-43(73)74)64-56(89)41(25-29(5)6)70-58(91)47(33(11)72)71-57(90)42(26-30(7)8)67-50(83)34-13-12-22-60-34/h27-42,47,60,72H,12-26H2,1-11H3,(H,61,84)(H,62,87)(H,63,81)(H,64,89)(H,65,88)(H,66,82)(H,67,83)(H,68,86)(H,69,85)(H,70,91)(H,71,90)(H,73,74)(H,75,76)(H,77,78)(H,79,80)(H,92,93)/t31-,32-,33+,34-,35-,36-,37-,38-,39-,40-,41-,42-,47-/m0/s1. The normalized spacial score (nSPS) is 16.8. The van der Waals surface area contributed by atoms with Gasteiger partial charge in [0.05, 0.1) is 12.1 Å². The van der Waals surface area contributed by atoms with Crippen molar-refractivity contribution in [2.24, 2.45) is 23.7 Å². The molecule has 0 aliphatic carbocycles. The third-order valence-electron chi connectivity index (χ3n) is 14.4. The van der Waals surface area contributed by atoms with E-state index in [0.717, 1.165) is 13.3 Å². The zero-order valence-corrected chi connectivity index (χ0v) is 54.6. The van der Waals surface area contributed by atoms with Crippen LogP contribution in [0.2, 0.25) is 0 Å². The summed E-state index contributed by atoms with van der Waals surface area (Å²) in [6.07, 6.45) is -5.55. The molecule has 0 unspecified atom stereocenters. The lowest BCUT2D eigenvalue weighted by Gasteiger charge is -2.29. The van der Waals surface area contributed by atoms with Crippen LogP contribution < -0.4 is 63.8 Å². The predicted molar refractivity (Wildman–Crippen MR) is 328 cm³/mol. The summed E-state index contributed by atoms with van der Waals surface area (Å²) in [5.74, 6) is -19.2. The number of aliphatic hydroxyl groups excluding tert-OH is 1. The van der Waals surface area contributed by atoms with Gasteiger partial charge in [0, 0.05) is 25.7 Å². The Kier molecular flexibility index (Phi) is 36.5. The van der Waals surface area contributed by atoms with Crippen LogP contribution in [-0.2, 0) is 76.7 Å². The maximum atomic E-state index is 14.1. The summed E-state index contributed by atoms with van der Waals surface area (Å²) in [6, 6.07) is -17.8. The zero-order valence-electron chi connectivity index (χ0n) is 54.6. The zero-order chi connectivity index (χ0) is 71.1. The molecule has 1 heterocycles. The molecular weight excluding hydrogens is 1230 g/mol. The fraction of sp³-hybridized carbons (Fsp3) is 0.729. The highest BCUT2D eigenvalue weighted by Crippen LogP contribution is 2.15. The molecule has 34 nitrogen and oxygen atoms in total. The highest BCUT2D eigenvalue weighted by atomic mass is 16.4. The Morgan fingerprint density at radius 1 is 0.344 bits per heavy atom. The second-order valence-electron chi connectivity index (χ2n) is 24.9. The molecule has 11 amide bonds. The maximum absolute atomic E-state index is 14.1. The van der Waals surface area contributed by atoms with Crippen molar-refractivity contribution in [3.05, 3.63) is 0 Å². The van der Waals surface area contributed by atoms with Crippen LogP contribution >= 0.6 is 0 Å². The molecule has 1 fully saturated rings. The number of aliphatic hydroxyl groups is 1. The molecule has 13 atom stereocenters. The minimum absolute atomic E-state index is 0.0955. The number of amides is 11. The molecule has 1 saturated heterocycles. The van der Waals surface area contributed by atoms with Crippen molar-refractivity contribution >= 4 is 94.8 Å². The van der Waals surface area contributed by atoms with Gasteiger partial charge in [-0.2, -0.15) is 0 Å². The second-order valence-corrected chi connectivity index (χ2v) is 24.9. The van der Waals surface area contributed by atoms with Crippen molar-refractivity contribution in [2.45, 2.75) is 245 Å². The quantitative estimate of drug-likeness (QED) is 0.0293. The lowest BCUT2D eigenvalue weighted by atomic mass is 10.00. The molecule has 0 radical (unpaired) electrons. The van der Waals surface area contributed by atoms with Crippen molar-refractivity contribution in [2.75, 3.05) is 6.54 Å². The van der Waals surface area contributed by atoms with E-state index in [-0.39, 0.29) is 43.4 Å². The van der Waals surface area contributed by atoms with E-state index >= 15 is 0 Å². The van der Waals surface area contributed by atoms with E-state index in [1.54, 1.807) is 41.5 Å². The van der Waals surface area contributed by atoms with Gasteiger partial charge in [0.2, 0.25) is 65.0 Å². The van der Waals surface area contributed by atoms with E-state index in [1.807, 2.05) is 13.8 Å². The number of nitrogens with one attached hydrogen (secondary N) is 12. The van der Waals surface area contributed by atoms with Crippen LogP contribution in [0.3, 0.4) is 0 Å². The van der Waals surface area contributed by atoms with E-state index in [0.29, 0.717) is 13.0 Å². The molecule has 0 aromatic rings. The van der Waals surface area contributed by atoms with Crippen LogP contribution in [0.4, 0.5) is 0 Å². The van der Waals surface area contributed by atoms with Gasteiger partial charge in [0.1, 0.15) is 66.5 Å². The third kappa shape index (κ3) is 32.5. The number of carboxylic acids is 5. The van der Waals surface area contributed by atoms with Crippen LogP contribution in [-0.4, -0.2) is 211 Å². The highest BCUT2D eigenvalue weighted by molar-refractivity contribution is 5.99. The van der Waals surface area contributed by atoms with Gasteiger partial charge in [-0.25, -0.2) is 4.79 Å². The van der Waals surface area contributed by atoms with Gasteiger partial charge in [-0.05, 0) is 115 Å². The van der Waals surface area contributed by atoms with Gasteiger partial charge in [-0.3, -0.25) is 71.9 Å². The molecule has 93 heavy (non-hydrogen) atoms. The van der Waals surface area contributed by atoms with Gasteiger partial charge in [0.25, 0.3) is 0 Å². The van der Waals surface area contributed by atoms with Crippen LogP contribution in [0.5, 0.6) is 0 Å². The van der Waals surface area contributed by atoms with Crippen LogP contribution in [0.25, 0.3) is 0 Å². The minimum atomic E-state index is -1.77. The fourth-order valence-corrected chi connectivity index (χ4v) is 9.49. The Balaban J connectivity index is 3.46. The molecule has 526 valence electrons. The van der Waals surface area contributed by atoms with Gasteiger partial charge < -0.3 is 94.4 Å². The van der Waals surface area contributed by atoms with E-state index < -0.39 is 231 Å². The van der Waals surface area contributed by atoms with Crippen molar-refractivity contribution in [1.82, 2.24) is 63.8 Å². The first kappa shape index (κ1) is 82.5. The fourth-order valence-electron chi connectivity index (χ4n) is 9.49. The minimum Gasteiger partial charge on any atom is -0.481 e. The number of hydrogen-bond donors (Lipinski definition) is 18. The van der Waals surface area contributed by atoms with Crippen molar-refractivity contribution < 1.29 is 107 Å². The first-order valence-electron chi connectivity index (χ1n) is 31.1. The summed E-state index contributed by atoms with van der Waals surface area (Å²) in [7, 11) is 0. The third-order valence-corrected chi connectivity index (χ3v) is 14.4. The monoisotopic (exact) mass is 1330 g/mol. The van der Waals surface area contributed by atoms with E-state index in [4.69, 9.17) is 5.11 Å².